The van der Waals surface area contributed by atoms with Crippen molar-refractivity contribution in [1.29, 1.82) is 0 Å². The molecule has 0 spiro atoms. The van der Waals surface area contributed by atoms with Crippen LogP contribution in [-0.2, 0) is 26.2 Å². The van der Waals surface area contributed by atoms with Gasteiger partial charge < -0.3 is 0 Å². The standard InChI is InChI=1S/C5H8.Zr/c1-3-5-4-2;/h3-5H,1H2,2H3;/q;+2. The summed E-state index contributed by atoms with van der Waals surface area (Å²) in [4.78, 5) is 0. The quantitative estimate of drug-likeness (QED) is 0.511. The van der Waals surface area contributed by atoms with Crippen molar-refractivity contribution in [3.05, 3.63) is 24.8 Å². The van der Waals surface area contributed by atoms with E-state index in [0.29, 0.717) is 0 Å². The summed E-state index contributed by atoms with van der Waals surface area (Å²) in [5.41, 5.74) is 0. The van der Waals surface area contributed by atoms with Gasteiger partial charge >= 0.3 is 26.2 Å². The van der Waals surface area contributed by atoms with Crippen molar-refractivity contribution in [2.24, 2.45) is 0 Å². The van der Waals surface area contributed by atoms with Gasteiger partial charge in [0.25, 0.3) is 0 Å². The normalized spacial score (nSPS) is 7.50. The summed E-state index contributed by atoms with van der Waals surface area (Å²) in [6, 6.07) is 0. The largest absolute Gasteiger partial charge is 2.00 e. The van der Waals surface area contributed by atoms with E-state index in [1.807, 2.05) is 19.1 Å². The fourth-order valence-corrected chi connectivity index (χ4v) is 0.136. The first-order valence-electron chi connectivity index (χ1n) is 1.65. The Kier molecular flexibility index (Phi) is 14.5. The molecule has 0 radical (unpaired) electrons. The molecule has 0 amide bonds. The molecule has 0 saturated heterocycles. The van der Waals surface area contributed by atoms with Crippen LogP contribution >= 0.6 is 0 Å². The first kappa shape index (κ1) is 9.61. The molecule has 6 heavy (non-hydrogen) atoms. The minimum atomic E-state index is 0. The molecule has 0 aromatic rings. The van der Waals surface area contributed by atoms with Gasteiger partial charge in [0.1, 0.15) is 0 Å². The molecule has 0 aromatic heterocycles. The molecule has 0 aliphatic rings. The zero-order valence-electron chi connectivity index (χ0n) is 3.94. The van der Waals surface area contributed by atoms with Crippen LogP contribution in [0.1, 0.15) is 6.92 Å². The van der Waals surface area contributed by atoms with Crippen LogP contribution in [-0.4, -0.2) is 0 Å². The van der Waals surface area contributed by atoms with Gasteiger partial charge in [0, 0.05) is 0 Å². The third-order valence-electron chi connectivity index (χ3n) is 0.329. The van der Waals surface area contributed by atoms with E-state index >= 15 is 0 Å². The average molecular weight is 159 g/mol. The van der Waals surface area contributed by atoms with Gasteiger partial charge in [-0.15, -0.1) is 0 Å². The summed E-state index contributed by atoms with van der Waals surface area (Å²) >= 11 is 0. The Morgan fingerprint density at radius 3 is 2.00 bits per heavy atom. The van der Waals surface area contributed by atoms with Crippen molar-refractivity contribution in [3.63, 3.8) is 0 Å². The van der Waals surface area contributed by atoms with E-state index in [-0.39, 0.29) is 26.2 Å². The summed E-state index contributed by atoms with van der Waals surface area (Å²) in [6.45, 7) is 5.42. The second-order valence-electron chi connectivity index (χ2n) is 0.761. The molecule has 0 nitrogen and oxygen atoms in total. The van der Waals surface area contributed by atoms with E-state index in [1.165, 1.54) is 0 Å². The van der Waals surface area contributed by atoms with Crippen LogP contribution in [0.3, 0.4) is 0 Å². The second-order valence-corrected chi connectivity index (χ2v) is 0.761. The monoisotopic (exact) mass is 158 g/mol. The molecular weight excluding hydrogens is 151 g/mol. The molecule has 0 aliphatic carbocycles. The molecule has 0 unspecified atom stereocenters. The van der Waals surface area contributed by atoms with Gasteiger partial charge in [-0.25, -0.2) is 0 Å². The van der Waals surface area contributed by atoms with E-state index in [2.05, 4.69) is 6.58 Å². The molecule has 0 aliphatic heterocycles. The zero-order valence-corrected chi connectivity index (χ0v) is 6.40. The molecule has 30 valence electrons. The fraction of sp³-hybridized carbons (Fsp3) is 0.200. The number of rotatable bonds is 1. The SMILES string of the molecule is C=CC=CC.[Zr+2]. The molecule has 0 rings (SSSR count). The smallest absolute Gasteiger partial charge is 0.0991 e. The molecule has 0 N–H and O–H groups in total. The molecule has 1 heteroatoms. The van der Waals surface area contributed by atoms with Crippen molar-refractivity contribution in [2.75, 3.05) is 0 Å². The van der Waals surface area contributed by atoms with E-state index in [4.69, 9.17) is 0 Å². The van der Waals surface area contributed by atoms with Crippen LogP contribution in [0.5, 0.6) is 0 Å². The van der Waals surface area contributed by atoms with Crippen LogP contribution in [0.15, 0.2) is 24.8 Å². The Labute approximate surface area is 58.1 Å². The van der Waals surface area contributed by atoms with Crippen LogP contribution in [0.25, 0.3) is 0 Å². The van der Waals surface area contributed by atoms with Crippen LogP contribution < -0.4 is 0 Å². The van der Waals surface area contributed by atoms with Gasteiger partial charge in [-0.1, -0.05) is 24.8 Å². The molecule has 0 fully saturated rings. The maximum Gasteiger partial charge on any atom is 2.00 e. The molecule has 0 aromatic carbocycles. The number of hydrogen-bond acceptors (Lipinski definition) is 0. The summed E-state index contributed by atoms with van der Waals surface area (Å²) in [6.07, 6.45) is 5.58. The first-order valence-corrected chi connectivity index (χ1v) is 1.65. The Morgan fingerprint density at radius 1 is 1.50 bits per heavy atom. The van der Waals surface area contributed by atoms with Gasteiger partial charge in [-0.2, -0.15) is 0 Å². The topological polar surface area (TPSA) is 0 Å². The Morgan fingerprint density at radius 2 is 2.00 bits per heavy atom. The van der Waals surface area contributed by atoms with E-state index < -0.39 is 0 Å². The van der Waals surface area contributed by atoms with E-state index in [0.717, 1.165) is 0 Å². The zero-order chi connectivity index (χ0) is 4.12. The Hall–Kier alpha value is 0.363. The van der Waals surface area contributed by atoms with Gasteiger partial charge in [-0.3, -0.25) is 0 Å². The molecule has 0 heterocycles. The van der Waals surface area contributed by atoms with Crippen molar-refractivity contribution in [3.8, 4) is 0 Å². The third kappa shape index (κ3) is 8.84. The number of allylic oxidation sites excluding steroid dienone is 3. The van der Waals surface area contributed by atoms with E-state index in [9.17, 15) is 0 Å². The van der Waals surface area contributed by atoms with E-state index in [1.54, 1.807) is 6.08 Å². The minimum Gasteiger partial charge on any atom is -0.0991 e. The summed E-state index contributed by atoms with van der Waals surface area (Å²) in [5, 5.41) is 0. The summed E-state index contributed by atoms with van der Waals surface area (Å²) in [7, 11) is 0. The maximum absolute atomic E-state index is 3.46. The van der Waals surface area contributed by atoms with Crippen molar-refractivity contribution >= 4 is 0 Å². The Bertz CT molecular complexity index is 45.9. The molecule has 0 bridgehead atoms. The van der Waals surface area contributed by atoms with Gasteiger partial charge in [0.2, 0.25) is 0 Å². The molecular formula is C5H8Zr+2. The van der Waals surface area contributed by atoms with Crippen molar-refractivity contribution < 1.29 is 26.2 Å². The predicted octanol–water partition coefficient (Wildman–Crippen LogP) is 1.75. The van der Waals surface area contributed by atoms with Gasteiger partial charge in [0.15, 0.2) is 0 Å². The summed E-state index contributed by atoms with van der Waals surface area (Å²) < 4.78 is 0. The third-order valence-corrected chi connectivity index (χ3v) is 0.329. The number of hydrogen-bond donors (Lipinski definition) is 0. The van der Waals surface area contributed by atoms with Crippen LogP contribution in [0.2, 0.25) is 0 Å². The van der Waals surface area contributed by atoms with Gasteiger partial charge in [-0.05, 0) is 6.92 Å². The maximum atomic E-state index is 3.46. The predicted molar refractivity (Wildman–Crippen MR) is 25.0 cm³/mol. The van der Waals surface area contributed by atoms with Crippen molar-refractivity contribution in [2.45, 2.75) is 6.92 Å². The molecule has 0 saturated carbocycles. The first-order chi connectivity index (χ1) is 2.41. The molecule has 0 atom stereocenters. The fourth-order valence-electron chi connectivity index (χ4n) is 0.136. The van der Waals surface area contributed by atoms with Crippen molar-refractivity contribution in [1.82, 2.24) is 0 Å². The average Bonchev–Trinajstić information content (AvgIpc) is 1.41. The summed E-state index contributed by atoms with van der Waals surface area (Å²) in [5.74, 6) is 0. The second kappa shape index (κ2) is 9.03. The van der Waals surface area contributed by atoms with Crippen LogP contribution in [0.4, 0.5) is 0 Å². The Balaban J connectivity index is 0. The minimum absolute atomic E-state index is 0. The van der Waals surface area contributed by atoms with Crippen LogP contribution in [0, 0.1) is 0 Å². The van der Waals surface area contributed by atoms with Gasteiger partial charge in [0.05, 0.1) is 0 Å².